The van der Waals surface area contributed by atoms with Gasteiger partial charge in [-0.25, -0.2) is 22.8 Å². The molecule has 1 aromatic carbocycles. The molecule has 3 rings (SSSR count). The number of alkyl halides is 2. The van der Waals surface area contributed by atoms with Gasteiger partial charge in [-0.2, -0.15) is 0 Å². The van der Waals surface area contributed by atoms with E-state index in [1.807, 2.05) is 0 Å². The molecule has 1 fully saturated rings. The van der Waals surface area contributed by atoms with Gasteiger partial charge >= 0.3 is 0 Å². The Morgan fingerprint density at radius 3 is 2.66 bits per heavy atom. The van der Waals surface area contributed by atoms with Gasteiger partial charge in [0.1, 0.15) is 5.82 Å². The number of anilines is 2. The molecular formula is C21H25F2N5O3S. The van der Waals surface area contributed by atoms with Crippen molar-refractivity contribution in [3.63, 3.8) is 0 Å². The highest BCUT2D eigenvalue weighted by molar-refractivity contribution is 7.91. The molecule has 8 nitrogen and oxygen atoms in total. The lowest BCUT2D eigenvalue weighted by Gasteiger charge is -2.25. The largest absolute Gasteiger partial charge is 0.366 e. The minimum Gasteiger partial charge on any atom is -0.366 e. The maximum Gasteiger partial charge on any atom is 0.259 e. The summed E-state index contributed by atoms with van der Waals surface area (Å²) in [5.41, 5.74) is 6.11. The summed E-state index contributed by atoms with van der Waals surface area (Å²) >= 11 is 0. The molecule has 2 heterocycles. The number of primary amides is 1. The number of hydrogen-bond donors (Lipinski definition) is 3. The fraction of sp³-hybridized carbons (Fsp3) is 0.381. The van der Waals surface area contributed by atoms with Crippen LogP contribution in [0, 0.1) is 11.7 Å². The molecule has 0 radical (unpaired) electrons. The van der Waals surface area contributed by atoms with Crippen LogP contribution in [0.4, 0.5) is 20.3 Å². The molecule has 1 atom stereocenters. The molecule has 0 bridgehead atoms. The Kier molecular flexibility index (Phi) is 6.49. The van der Waals surface area contributed by atoms with Gasteiger partial charge in [-0.1, -0.05) is 6.07 Å². The lowest BCUT2D eigenvalue weighted by molar-refractivity contribution is -0.0102. The van der Waals surface area contributed by atoms with Gasteiger partial charge in [0, 0.05) is 49.0 Å². The van der Waals surface area contributed by atoms with E-state index in [0.29, 0.717) is 5.69 Å². The van der Waals surface area contributed by atoms with Crippen LogP contribution < -0.4 is 16.0 Å². The number of carbonyl (C=O) groups excluding carboxylic acids is 2. The molecule has 0 aliphatic carbocycles. The lowest BCUT2D eigenvalue weighted by Crippen LogP contribution is -2.30. The van der Waals surface area contributed by atoms with Crippen LogP contribution in [0.15, 0.2) is 35.4 Å². The van der Waals surface area contributed by atoms with Crippen molar-refractivity contribution < 1.29 is 22.6 Å². The molecule has 1 unspecified atom stereocenters. The van der Waals surface area contributed by atoms with Crippen molar-refractivity contribution in [1.82, 2.24) is 4.98 Å². The second-order valence-electron chi connectivity index (χ2n) is 7.88. The summed E-state index contributed by atoms with van der Waals surface area (Å²) in [6.45, 7) is 1.83. The number of carbonyl (C=O) groups is 2. The standard InChI is InChI=1S/C21H25F2N5O3S/c1-13-16(18(24)29)12-26-19(28-9-4-7-21(22,23)8-10-28)17(13)20(30)27-14-5-3-6-15(11-14)32(2,25)31/h3,5-6,11-12,25H,4,7-10H2,1-2H3,(H2,24,29)(H,27,30). The van der Waals surface area contributed by atoms with Gasteiger partial charge < -0.3 is 16.0 Å². The maximum absolute atomic E-state index is 13.9. The van der Waals surface area contributed by atoms with E-state index < -0.39 is 27.5 Å². The Morgan fingerprint density at radius 1 is 1.28 bits per heavy atom. The Morgan fingerprint density at radius 2 is 2.00 bits per heavy atom. The fourth-order valence-electron chi connectivity index (χ4n) is 3.63. The predicted molar refractivity (Wildman–Crippen MR) is 118 cm³/mol. The molecule has 1 aromatic heterocycles. The molecule has 0 spiro atoms. The van der Waals surface area contributed by atoms with Crippen molar-refractivity contribution in [2.45, 2.75) is 37.0 Å². The molecule has 2 amide bonds. The Hall–Kier alpha value is -3.08. The molecule has 4 N–H and O–H groups in total. The molecule has 1 saturated heterocycles. The summed E-state index contributed by atoms with van der Waals surface area (Å²) in [6.07, 6.45) is 2.12. The molecule has 1 aliphatic rings. The number of hydrogen-bond acceptors (Lipinski definition) is 6. The van der Waals surface area contributed by atoms with Crippen molar-refractivity contribution in [3.8, 4) is 0 Å². The van der Waals surface area contributed by atoms with E-state index in [4.69, 9.17) is 10.5 Å². The van der Waals surface area contributed by atoms with Crippen molar-refractivity contribution in [2.24, 2.45) is 5.73 Å². The van der Waals surface area contributed by atoms with E-state index in [0.717, 1.165) is 0 Å². The third-order valence-corrected chi connectivity index (χ3v) is 6.52. The van der Waals surface area contributed by atoms with Crippen molar-refractivity contribution in [3.05, 3.63) is 47.2 Å². The Bertz CT molecular complexity index is 1170. The minimum absolute atomic E-state index is 0.00185. The number of aromatic nitrogens is 1. The van der Waals surface area contributed by atoms with Gasteiger partial charge in [0.2, 0.25) is 5.92 Å². The lowest BCUT2D eigenvalue weighted by atomic mass is 10.0. The second kappa shape index (κ2) is 8.81. The van der Waals surface area contributed by atoms with Crippen molar-refractivity contribution in [1.29, 1.82) is 4.78 Å². The number of nitrogens with one attached hydrogen (secondary N) is 2. The van der Waals surface area contributed by atoms with Gasteiger partial charge in [0.05, 0.1) is 20.9 Å². The van der Waals surface area contributed by atoms with E-state index in [1.54, 1.807) is 24.0 Å². The molecule has 2 aromatic rings. The quantitative estimate of drug-likeness (QED) is 0.623. The molecule has 0 saturated carbocycles. The van der Waals surface area contributed by atoms with Crippen LogP contribution in [0.25, 0.3) is 0 Å². The van der Waals surface area contributed by atoms with Crippen LogP contribution in [0.2, 0.25) is 0 Å². The zero-order chi connectivity index (χ0) is 23.7. The first-order chi connectivity index (χ1) is 14.9. The number of nitrogens with two attached hydrogens (primary N) is 1. The number of rotatable bonds is 5. The average Bonchev–Trinajstić information content (AvgIpc) is 2.87. The molecular weight excluding hydrogens is 440 g/mol. The first-order valence-electron chi connectivity index (χ1n) is 9.96. The minimum atomic E-state index is -3.00. The van der Waals surface area contributed by atoms with Crippen LogP contribution in [-0.2, 0) is 9.73 Å². The highest BCUT2D eigenvalue weighted by Gasteiger charge is 2.33. The highest BCUT2D eigenvalue weighted by atomic mass is 32.2. The van der Waals surface area contributed by atoms with Crippen LogP contribution in [0.3, 0.4) is 0 Å². The Balaban J connectivity index is 2.02. The summed E-state index contributed by atoms with van der Waals surface area (Å²) in [7, 11) is -3.00. The highest BCUT2D eigenvalue weighted by Crippen LogP contribution is 2.32. The predicted octanol–water partition coefficient (Wildman–Crippen LogP) is 3.40. The molecule has 11 heteroatoms. The number of halogens is 2. The molecule has 172 valence electrons. The van der Waals surface area contributed by atoms with Gasteiger partial charge in [-0.05, 0) is 37.1 Å². The topological polar surface area (TPSA) is 129 Å². The fourth-order valence-corrected chi connectivity index (χ4v) is 4.32. The summed E-state index contributed by atoms with van der Waals surface area (Å²) in [5.74, 6) is -3.98. The van der Waals surface area contributed by atoms with Crippen LogP contribution in [0.1, 0.15) is 45.5 Å². The SMILES string of the molecule is Cc1c(C(N)=O)cnc(N2CCCC(F)(F)CC2)c1C(=O)Nc1cccc(S(C)(=N)=O)c1. The van der Waals surface area contributed by atoms with Crippen LogP contribution in [-0.4, -0.2) is 46.3 Å². The van der Waals surface area contributed by atoms with Gasteiger partial charge in [0.25, 0.3) is 11.8 Å². The number of amides is 2. The maximum atomic E-state index is 13.9. The first kappa shape index (κ1) is 23.6. The number of pyridine rings is 1. The van der Waals surface area contributed by atoms with Gasteiger partial charge in [-0.3, -0.25) is 9.59 Å². The zero-order valence-corrected chi connectivity index (χ0v) is 18.6. The summed E-state index contributed by atoms with van der Waals surface area (Å²) in [6, 6.07) is 6.08. The zero-order valence-electron chi connectivity index (χ0n) is 17.8. The van der Waals surface area contributed by atoms with Gasteiger partial charge in [-0.15, -0.1) is 0 Å². The number of nitrogens with zero attached hydrogens (tertiary/aromatic N) is 2. The summed E-state index contributed by atoms with van der Waals surface area (Å²) in [4.78, 5) is 31.2. The third-order valence-electron chi connectivity index (χ3n) is 5.37. The molecule has 1 aliphatic heterocycles. The molecule has 32 heavy (non-hydrogen) atoms. The smallest absolute Gasteiger partial charge is 0.259 e. The van der Waals surface area contributed by atoms with Crippen LogP contribution >= 0.6 is 0 Å². The van der Waals surface area contributed by atoms with E-state index in [9.17, 15) is 22.6 Å². The van der Waals surface area contributed by atoms with E-state index in [2.05, 4.69) is 10.3 Å². The normalized spacial score (nSPS) is 17.8. The second-order valence-corrected chi connectivity index (χ2v) is 10.0. The average molecular weight is 466 g/mol. The van der Waals surface area contributed by atoms with E-state index >= 15 is 0 Å². The first-order valence-corrected chi connectivity index (χ1v) is 11.9. The van der Waals surface area contributed by atoms with Crippen molar-refractivity contribution in [2.75, 3.05) is 29.6 Å². The monoisotopic (exact) mass is 465 g/mol. The summed E-state index contributed by atoms with van der Waals surface area (Å²) in [5, 5.41) is 2.67. The van der Waals surface area contributed by atoms with Crippen LogP contribution in [0.5, 0.6) is 0 Å². The van der Waals surface area contributed by atoms with E-state index in [-0.39, 0.29) is 59.8 Å². The van der Waals surface area contributed by atoms with Gasteiger partial charge in [0.15, 0.2) is 0 Å². The van der Waals surface area contributed by atoms with E-state index in [1.165, 1.54) is 24.6 Å². The Labute approximate surface area is 185 Å². The van der Waals surface area contributed by atoms with Crippen molar-refractivity contribution >= 4 is 33.0 Å². The third kappa shape index (κ3) is 5.21. The summed E-state index contributed by atoms with van der Waals surface area (Å²) < 4.78 is 47.5. The number of benzene rings is 1.